The van der Waals surface area contributed by atoms with Crippen molar-refractivity contribution in [2.75, 3.05) is 13.2 Å². The van der Waals surface area contributed by atoms with Crippen LogP contribution in [0.25, 0.3) is 0 Å². The zero-order valence-electron chi connectivity index (χ0n) is 13.0. The molecule has 0 aromatic carbocycles. The van der Waals surface area contributed by atoms with Gasteiger partial charge < -0.3 is 19.3 Å². The van der Waals surface area contributed by atoms with E-state index in [9.17, 15) is 14.7 Å². The van der Waals surface area contributed by atoms with E-state index in [0.717, 1.165) is 0 Å². The second-order valence-corrected chi connectivity index (χ2v) is 6.37. The van der Waals surface area contributed by atoms with Gasteiger partial charge in [0.15, 0.2) is 0 Å². The molecular formula is C17H20O6. The van der Waals surface area contributed by atoms with Gasteiger partial charge in [-0.1, -0.05) is 6.58 Å². The maximum absolute atomic E-state index is 11.8. The average molecular weight is 320 g/mol. The average Bonchev–Trinajstić information content (AvgIpc) is 2.70. The minimum Gasteiger partial charge on any atom is -0.473 e. The van der Waals surface area contributed by atoms with Crippen molar-refractivity contribution in [3.05, 3.63) is 36.3 Å². The Morgan fingerprint density at radius 1 is 1.57 bits per heavy atom. The molecule has 2 heterocycles. The summed E-state index contributed by atoms with van der Waals surface area (Å²) in [5, 5.41) is 9.70. The number of fused-ring (bicyclic) bond motifs is 2. The van der Waals surface area contributed by atoms with Gasteiger partial charge >= 0.3 is 11.9 Å². The van der Waals surface area contributed by atoms with Crippen LogP contribution >= 0.6 is 0 Å². The summed E-state index contributed by atoms with van der Waals surface area (Å²) in [5.41, 5.74) is 0.623. The molecule has 1 saturated carbocycles. The smallest absolute Gasteiger partial charge is 0.334 e. The molecule has 2 fully saturated rings. The highest BCUT2D eigenvalue weighted by Gasteiger charge is 2.54. The van der Waals surface area contributed by atoms with Crippen LogP contribution in [0.5, 0.6) is 0 Å². The van der Waals surface area contributed by atoms with Crippen LogP contribution in [0.4, 0.5) is 0 Å². The molecule has 23 heavy (non-hydrogen) atoms. The largest absolute Gasteiger partial charge is 0.473 e. The minimum absolute atomic E-state index is 0.0839. The fourth-order valence-electron chi connectivity index (χ4n) is 3.83. The van der Waals surface area contributed by atoms with Crippen LogP contribution in [-0.4, -0.2) is 36.4 Å². The van der Waals surface area contributed by atoms with E-state index >= 15 is 0 Å². The predicted octanol–water partition coefficient (Wildman–Crippen LogP) is 1.46. The summed E-state index contributed by atoms with van der Waals surface area (Å²) < 4.78 is 16.0. The molecule has 1 aliphatic carbocycles. The van der Waals surface area contributed by atoms with E-state index in [-0.39, 0.29) is 43.1 Å². The van der Waals surface area contributed by atoms with Crippen LogP contribution in [0, 0.1) is 17.3 Å². The molecule has 1 N–H and O–H groups in total. The van der Waals surface area contributed by atoms with Crippen molar-refractivity contribution < 1.29 is 28.9 Å². The zero-order valence-corrected chi connectivity index (χ0v) is 13.0. The molecule has 3 rings (SSSR count). The Morgan fingerprint density at radius 3 is 3.04 bits per heavy atom. The number of hydrogen-bond donors (Lipinski definition) is 1. The summed E-state index contributed by atoms with van der Waals surface area (Å²) in [6.45, 7) is 5.18. The fraction of sp³-hybridized carbons (Fsp3) is 0.529. The highest BCUT2D eigenvalue weighted by Crippen LogP contribution is 2.53. The lowest BCUT2D eigenvalue weighted by Crippen LogP contribution is -2.45. The minimum atomic E-state index is -0.567. The highest BCUT2D eigenvalue weighted by atomic mass is 16.6. The predicted molar refractivity (Wildman–Crippen MR) is 79.7 cm³/mol. The third kappa shape index (κ3) is 2.67. The van der Waals surface area contributed by atoms with Gasteiger partial charge in [-0.05, 0) is 30.4 Å². The summed E-state index contributed by atoms with van der Waals surface area (Å²) in [6.07, 6.45) is 5.71. The molecule has 124 valence electrons. The van der Waals surface area contributed by atoms with E-state index in [1.807, 2.05) is 6.08 Å². The Hall–Kier alpha value is -2.08. The zero-order chi connectivity index (χ0) is 16.6. The van der Waals surface area contributed by atoms with E-state index in [0.29, 0.717) is 24.0 Å². The Balaban J connectivity index is 1.97. The maximum Gasteiger partial charge on any atom is 0.334 e. The van der Waals surface area contributed by atoms with Gasteiger partial charge in [-0.25, -0.2) is 4.79 Å². The Kier molecular flexibility index (Phi) is 4.02. The van der Waals surface area contributed by atoms with Crippen LogP contribution in [0.15, 0.2) is 36.3 Å². The fourth-order valence-corrected chi connectivity index (χ4v) is 3.83. The Bertz CT molecular complexity index is 604. The van der Waals surface area contributed by atoms with Gasteiger partial charge in [-0.3, -0.25) is 4.79 Å². The normalized spacial score (nSPS) is 35.4. The van der Waals surface area contributed by atoms with Crippen molar-refractivity contribution in [3.63, 3.8) is 0 Å². The molecule has 0 aromatic rings. The molecule has 0 amide bonds. The van der Waals surface area contributed by atoms with Crippen LogP contribution in [-0.2, 0) is 23.8 Å². The van der Waals surface area contributed by atoms with Gasteiger partial charge in [0.25, 0.3) is 0 Å². The number of carbonyl (C=O) groups is 2. The Morgan fingerprint density at radius 2 is 2.35 bits per heavy atom. The first kappa shape index (κ1) is 15.8. The summed E-state index contributed by atoms with van der Waals surface area (Å²) in [5.74, 6) is -0.937. The van der Waals surface area contributed by atoms with Crippen molar-refractivity contribution in [1.29, 1.82) is 0 Å². The van der Waals surface area contributed by atoms with Gasteiger partial charge in [0.2, 0.25) is 0 Å². The van der Waals surface area contributed by atoms with Gasteiger partial charge in [-0.2, -0.15) is 0 Å². The molecule has 6 heteroatoms. The molecule has 4 unspecified atom stereocenters. The summed E-state index contributed by atoms with van der Waals surface area (Å²) in [6, 6.07) is 0. The van der Waals surface area contributed by atoms with Crippen LogP contribution < -0.4 is 0 Å². The maximum atomic E-state index is 11.8. The summed E-state index contributed by atoms with van der Waals surface area (Å²) in [4.78, 5) is 23.1. The number of esters is 2. The van der Waals surface area contributed by atoms with Crippen LogP contribution in [0.2, 0.25) is 0 Å². The summed E-state index contributed by atoms with van der Waals surface area (Å²) >= 11 is 0. The van der Waals surface area contributed by atoms with E-state index in [1.165, 1.54) is 19.4 Å². The first-order chi connectivity index (χ1) is 11.0. The van der Waals surface area contributed by atoms with Gasteiger partial charge in [-0.15, -0.1) is 0 Å². The number of aliphatic hydroxyl groups excluding tert-OH is 1. The third-order valence-electron chi connectivity index (χ3n) is 5.05. The van der Waals surface area contributed by atoms with Crippen LogP contribution in [0.3, 0.4) is 0 Å². The van der Waals surface area contributed by atoms with E-state index in [2.05, 4.69) is 6.58 Å². The number of rotatable bonds is 3. The standard InChI is InChI=1S/C17H20O6/c1-10-13-5-14-12(7-18)8-21-4-3-17(14,9-22-11(2)19)6-15(13)23-16(10)20/h3-4,8,13-15,18H,1,5-7,9H2,2H3. The second kappa shape index (κ2) is 5.85. The molecule has 1 saturated heterocycles. The van der Waals surface area contributed by atoms with Crippen molar-refractivity contribution in [2.24, 2.45) is 17.3 Å². The number of aliphatic hydroxyl groups is 1. The lowest BCUT2D eigenvalue weighted by molar-refractivity contribution is -0.150. The summed E-state index contributed by atoms with van der Waals surface area (Å²) in [7, 11) is 0. The lowest BCUT2D eigenvalue weighted by atomic mass is 9.60. The highest BCUT2D eigenvalue weighted by molar-refractivity contribution is 5.90. The number of hydrogen-bond acceptors (Lipinski definition) is 6. The quantitative estimate of drug-likeness (QED) is 0.626. The first-order valence-electron chi connectivity index (χ1n) is 7.63. The van der Waals surface area contributed by atoms with E-state index in [4.69, 9.17) is 14.2 Å². The van der Waals surface area contributed by atoms with Gasteiger partial charge in [0.1, 0.15) is 12.7 Å². The molecular weight excluding hydrogens is 300 g/mol. The van der Waals surface area contributed by atoms with Crippen molar-refractivity contribution in [1.82, 2.24) is 0 Å². The molecule has 0 spiro atoms. The van der Waals surface area contributed by atoms with Crippen molar-refractivity contribution in [2.45, 2.75) is 25.9 Å². The van der Waals surface area contributed by atoms with E-state index < -0.39 is 5.41 Å². The number of ether oxygens (including phenoxy) is 3. The SMILES string of the molecule is C=C1C(=O)OC2CC3(COC(C)=O)C=COC=C(CO)C3CC12. The lowest BCUT2D eigenvalue weighted by Gasteiger charge is -2.45. The molecule has 4 atom stereocenters. The molecule has 2 aliphatic heterocycles. The number of carbonyl (C=O) groups excluding carboxylic acids is 2. The topological polar surface area (TPSA) is 82.1 Å². The first-order valence-corrected chi connectivity index (χ1v) is 7.63. The monoisotopic (exact) mass is 320 g/mol. The van der Waals surface area contributed by atoms with Crippen LogP contribution in [0.1, 0.15) is 19.8 Å². The van der Waals surface area contributed by atoms with Gasteiger partial charge in [0.05, 0.1) is 19.1 Å². The Labute approximate surface area is 134 Å². The molecule has 0 aromatic heterocycles. The van der Waals surface area contributed by atoms with Gasteiger partial charge in [0, 0.05) is 23.8 Å². The second-order valence-electron chi connectivity index (χ2n) is 6.37. The van der Waals surface area contributed by atoms with Crippen molar-refractivity contribution in [3.8, 4) is 0 Å². The molecule has 6 nitrogen and oxygen atoms in total. The molecule has 0 bridgehead atoms. The molecule has 3 aliphatic rings. The van der Waals surface area contributed by atoms with E-state index in [1.54, 1.807) is 0 Å². The third-order valence-corrected chi connectivity index (χ3v) is 5.05. The molecule has 0 radical (unpaired) electrons. The van der Waals surface area contributed by atoms with Crippen molar-refractivity contribution >= 4 is 11.9 Å².